The second-order valence-corrected chi connectivity index (χ2v) is 5.67. The highest BCUT2D eigenvalue weighted by molar-refractivity contribution is 6.31. The van der Waals surface area contributed by atoms with Crippen LogP contribution in [-0.4, -0.2) is 32.8 Å². The number of ether oxygens (including phenoxy) is 1. The number of hydrogen-bond donors (Lipinski definition) is 1. The van der Waals surface area contributed by atoms with Crippen LogP contribution in [0.2, 0.25) is 5.02 Å². The molecule has 0 saturated heterocycles. The van der Waals surface area contributed by atoms with Crippen LogP contribution in [0.1, 0.15) is 39.3 Å². The molecule has 1 N–H and O–H groups in total. The van der Waals surface area contributed by atoms with E-state index in [-0.39, 0.29) is 6.04 Å². The van der Waals surface area contributed by atoms with Crippen LogP contribution in [0.15, 0.2) is 18.2 Å². The minimum absolute atomic E-state index is 0.271. The van der Waals surface area contributed by atoms with Gasteiger partial charge in [-0.05, 0) is 45.0 Å². The van der Waals surface area contributed by atoms with Gasteiger partial charge in [0.25, 0.3) is 0 Å². The van der Waals surface area contributed by atoms with E-state index in [9.17, 15) is 0 Å². The largest absolute Gasteiger partial charge is 0.383 e. The lowest BCUT2D eigenvalue weighted by molar-refractivity contribution is 0.204. The first kappa shape index (κ1) is 17.3. The molecule has 1 aromatic carbocycles. The quantitative estimate of drug-likeness (QED) is 0.788. The smallest absolute Gasteiger partial charge is 0.0637 e. The van der Waals surface area contributed by atoms with E-state index in [2.05, 4.69) is 56.1 Å². The SMILES string of the molecule is CCNC(C)c1ccc(N(CCOC)C(C)C)cc1Cl. The molecule has 0 spiro atoms. The minimum Gasteiger partial charge on any atom is -0.383 e. The van der Waals surface area contributed by atoms with Crippen molar-refractivity contribution >= 4 is 17.3 Å². The monoisotopic (exact) mass is 298 g/mol. The normalized spacial score (nSPS) is 12.8. The molecule has 0 aromatic heterocycles. The maximum atomic E-state index is 6.44. The van der Waals surface area contributed by atoms with Crippen LogP contribution < -0.4 is 10.2 Å². The molecule has 0 heterocycles. The van der Waals surface area contributed by atoms with Gasteiger partial charge in [-0.25, -0.2) is 0 Å². The molecular weight excluding hydrogens is 272 g/mol. The molecule has 0 amide bonds. The summed E-state index contributed by atoms with van der Waals surface area (Å²) in [5, 5.41) is 4.21. The number of nitrogens with zero attached hydrogens (tertiary/aromatic N) is 1. The van der Waals surface area contributed by atoms with E-state index in [1.165, 1.54) is 0 Å². The van der Waals surface area contributed by atoms with Crippen molar-refractivity contribution in [2.45, 2.75) is 39.8 Å². The molecule has 20 heavy (non-hydrogen) atoms. The van der Waals surface area contributed by atoms with Crippen LogP contribution >= 0.6 is 11.6 Å². The van der Waals surface area contributed by atoms with Gasteiger partial charge < -0.3 is 15.0 Å². The summed E-state index contributed by atoms with van der Waals surface area (Å²) in [7, 11) is 1.73. The Balaban J connectivity index is 2.93. The number of halogens is 1. The third kappa shape index (κ3) is 4.65. The standard InChI is InChI=1S/C16H27ClN2O/c1-6-18-13(4)15-8-7-14(11-16(15)17)19(12(2)3)9-10-20-5/h7-8,11-13,18H,6,9-10H2,1-5H3. The summed E-state index contributed by atoms with van der Waals surface area (Å²) in [6.45, 7) is 11.1. The summed E-state index contributed by atoms with van der Waals surface area (Å²) < 4.78 is 5.18. The molecule has 1 atom stereocenters. The Morgan fingerprint density at radius 1 is 1.30 bits per heavy atom. The average molecular weight is 299 g/mol. The number of hydrogen-bond acceptors (Lipinski definition) is 3. The molecule has 0 aliphatic heterocycles. The Labute approximate surface area is 128 Å². The van der Waals surface area contributed by atoms with Crippen molar-refractivity contribution in [1.29, 1.82) is 0 Å². The molecule has 114 valence electrons. The van der Waals surface area contributed by atoms with Crippen molar-refractivity contribution in [3.8, 4) is 0 Å². The van der Waals surface area contributed by atoms with E-state index in [4.69, 9.17) is 16.3 Å². The van der Waals surface area contributed by atoms with Crippen molar-refractivity contribution in [2.75, 3.05) is 31.7 Å². The lowest BCUT2D eigenvalue weighted by Gasteiger charge is -2.29. The Morgan fingerprint density at radius 2 is 2.00 bits per heavy atom. The molecule has 0 saturated carbocycles. The molecule has 3 nitrogen and oxygen atoms in total. The topological polar surface area (TPSA) is 24.5 Å². The van der Waals surface area contributed by atoms with Gasteiger partial charge in [-0.1, -0.05) is 24.6 Å². The second-order valence-electron chi connectivity index (χ2n) is 5.27. The second kappa shape index (κ2) is 8.50. The maximum absolute atomic E-state index is 6.44. The summed E-state index contributed by atoms with van der Waals surface area (Å²) >= 11 is 6.44. The molecule has 0 radical (unpaired) electrons. The predicted octanol–water partition coefficient (Wildman–Crippen LogP) is 3.87. The third-order valence-corrected chi connectivity index (χ3v) is 3.78. The highest BCUT2D eigenvalue weighted by atomic mass is 35.5. The predicted molar refractivity (Wildman–Crippen MR) is 87.9 cm³/mol. The highest BCUT2D eigenvalue weighted by Gasteiger charge is 2.14. The molecule has 1 aromatic rings. The maximum Gasteiger partial charge on any atom is 0.0637 e. The van der Waals surface area contributed by atoms with Crippen LogP contribution in [-0.2, 0) is 4.74 Å². The number of methoxy groups -OCH3 is 1. The molecule has 0 aliphatic rings. The molecule has 4 heteroatoms. The molecule has 0 fully saturated rings. The van der Waals surface area contributed by atoms with E-state index in [0.717, 1.165) is 29.4 Å². The first-order chi connectivity index (χ1) is 9.51. The van der Waals surface area contributed by atoms with Gasteiger partial charge in [0.05, 0.1) is 6.61 Å². The lowest BCUT2D eigenvalue weighted by atomic mass is 10.1. The molecule has 0 aliphatic carbocycles. The fraction of sp³-hybridized carbons (Fsp3) is 0.625. The fourth-order valence-electron chi connectivity index (χ4n) is 2.34. The van der Waals surface area contributed by atoms with Crippen LogP contribution in [0.5, 0.6) is 0 Å². The summed E-state index contributed by atoms with van der Waals surface area (Å²) in [4.78, 5) is 2.30. The van der Waals surface area contributed by atoms with Gasteiger partial charge in [-0.2, -0.15) is 0 Å². The van der Waals surface area contributed by atoms with Gasteiger partial charge in [-0.3, -0.25) is 0 Å². The molecule has 1 rings (SSSR count). The fourth-order valence-corrected chi connectivity index (χ4v) is 2.68. The number of benzene rings is 1. The Kier molecular flexibility index (Phi) is 7.35. The zero-order chi connectivity index (χ0) is 15.1. The lowest BCUT2D eigenvalue weighted by Crippen LogP contribution is -2.33. The van der Waals surface area contributed by atoms with Gasteiger partial charge in [0, 0.05) is 36.4 Å². The first-order valence-corrected chi connectivity index (χ1v) is 7.67. The summed E-state index contributed by atoms with van der Waals surface area (Å²) in [5.74, 6) is 0. The van der Waals surface area contributed by atoms with Crippen molar-refractivity contribution in [2.24, 2.45) is 0 Å². The third-order valence-electron chi connectivity index (χ3n) is 3.45. The van der Waals surface area contributed by atoms with E-state index in [1.54, 1.807) is 7.11 Å². The summed E-state index contributed by atoms with van der Waals surface area (Å²) in [6, 6.07) is 7.00. The van der Waals surface area contributed by atoms with E-state index < -0.39 is 0 Å². The Hall–Kier alpha value is -0.770. The van der Waals surface area contributed by atoms with Gasteiger partial charge in [-0.15, -0.1) is 0 Å². The van der Waals surface area contributed by atoms with Crippen LogP contribution in [0, 0.1) is 0 Å². The van der Waals surface area contributed by atoms with Gasteiger partial charge >= 0.3 is 0 Å². The van der Waals surface area contributed by atoms with Crippen molar-refractivity contribution in [3.63, 3.8) is 0 Å². The van der Waals surface area contributed by atoms with Crippen LogP contribution in [0.4, 0.5) is 5.69 Å². The van der Waals surface area contributed by atoms with Gasteiger partial charge in [0.15, 0.2) is 0 Å². The van der Waals surface area contributed by atoms with E-state index >= 15 is 0 Å². The molecular formula is C16H27ClN2O. The summed E-state index contributed by atoms with van der Waals surface area (Å²) in [5.41, 5.74) is 2.29. The van der Waals surface area contributed by atoms with Crippen molar-refractivity contribution in [3.05, 3.63) is 28.8 Å². The van der Waals surface area contributed by atoms with E-state index in [1.807, 2.05) is 0 Å². The summed E-state index contributed by atoms with van der Waals surface area (Å²) in [6.07, 6.45) is 0. The minimum atomic E-state index is 0.271. The van der Waals surface area contributed by atoms with E-state index in [0.29, 0.717) is 12.6 Å². The first-order valence-electron chi connectivity index (χ1n) is 7.29. The Morgan fingerprint density at radius 3 is 2.50 bits per heavy atom. The van der Waals surface area contributed by atoms with Crippen LogP contribution in [0.3, 0.4) is 0 Å². The Bertz CT molecular complexity index is 409. The van der Waals surface area contributed by atoms with Crippen molar-refractivity contribution in [1.82, 2.24) is 5.32 Å². The zero-order valence-corrected chi connectivity index (χ0v) is 14.0. The number of rotatable bonds is 8. The highest BCUT2D eigenvalue weighted by Crippen LogP contribution is 2.28. The molecule has 1 unspecified atom stereocenters. The molecule has 0 bridgehead atoms. The number of nitrogens with one attached hydrogen (secondary N) is 1. The number of anilines is 1. The van der Waals surface area contributed by atoms with Crippen LogP contribution in [0.25, 0.3) is 0 Å². The van der Waals surface area contributed by atoms with Gasteiger partial charge in [0.1, 0.15) is 0 Å². The zero-order valence-electron chi connectivity index (χ0n) is 13.2. The van der Waals surface area contributed by atoms with Crippen molar-refractivity contribution < 1.29 is 4.74 Å². The van der Waals surface area contributed by atoms with Gasteiger partial charge in [0.2, 0.25) is 0 Å². The average Bonchev–Trinajstić information content (AvgIpc) is 2.39.